The van der Waals surface area contributed by atoms with Gasteiger partial charge in [-0.25, -0.2) is 0 Å². The highest BCUT2D eigenvalue weighted by Gasteiger charge is 2.20. The molecule has 3 rings (SSSR count). The highest BCUT2D eigenvalue weighted by atomic mass is 127. The fourth-order valence-corrected chi connectivity index (χ4v) is 4.31. The van der Waals surface area contributed by atoms with E-state index in [1.165, 1.54) is 10.7 Å². The van der Waals surface area contributed by atoms with Crippen molar-refractivity contribution in [2.75, 3.05) is 31.1 Å². The summed E-state index contributed by atoms with van der Waals surface area (Å²) in [5.41, 5.74) is 2.30. The average molecular weight is 516 g/mol. The van der Waals surface area contributed by atoms with Gasteiger partial charge in [-0.05, 0) is 63.6 Å². The summed E-state index contributed by atoms with van der Waals surface area (Å²) >= 11 is 1.83. The Hall–Kier alpha value is -1.29. The third-order valence-electron chi connectivity index (χ3n) is 4.90. The zero-order valence-electron chi connectivity index (χ0n) is 17.1. The first-order valence-electron chi connectivity index (χ1n) is 10.00. The lowest BCUT2D eigenvalue weighted by molar-refractivity contribution is 0.462. The van der Waals surface area contributed by atoms with Crippen molar-refractivity contribution in [3.8, 4) is 0 Å². The van der Waals surface area contributed by atoms with E-state index in [-0.39, 0.29) is 24.0 Å². The van der Waals surface area contributed by atoms with E-state index in [1.54, 1.807) is 0 Å². The smallest absolute Gasteiger partial charge is 0.191 e. The molecule has 0 bridgehead atoms. The molecule has 1 fully saturated rings. The molecule has 0 aromatic carbocycles. The molecule has 0 unspecified atom stereocenters. The first-order chi connectivity index (χ1) is 13.2. The van der Waals surface area contributed by atoms with Crippen molar-refractivity contribution in [3.63, 3.8) is 0 Å². The molecule has 0 saturated carbocycles. The van der Waals surface area contributed by atoms with Gasteiger partial charge in [0.2, 0.25) is 0 Å². The highest BCUT2D eigenvalue weighted by Crippen LogP contribution is 2.24. The number of aliphatic imine (C=N–C) groups is 1. The molecule has 28 heavy (non-hydrogen) atoms. The maximum atomic E-state index is 4.77. The Balaban J connectivity index is 0.00000280. The molecule has 2 N–H and O–H groups in total. The number of anilines is 1. The number of thiophene rings is 1. The Morgan fingerprint density at radius 1 is 1.32 bits per heavy atom. The number of rotatable bonds is 7. The molecule has 0 amide bonds. The van der Waals surface area contributed by atoms with Crippen molar-refractivity contribution < 1.29 is 0 Å². The zero-order chi connectivity index (χ0) is 19.1. The summed E-state index contributed by atoms with van der Waals surface area (Å²) in [6, 6.07) is 6.96. The molecule has 3 heterocycles. The molecule has 1 saturated heterocycles. The molecule has 6 nitrogen and oxygen atoms in total. The summed E-state index contributed by atoms with van der Waals surface area (Å²) in [5.74, 6) is 0.945. The summed E-state index contributed by atoms with van der Waals surface area (Å²) < 4.78 is 2.07. The quantitative estimate of drug-likeness (QED) is 0.255. The van der Waals surface area contributed by atoms with Crippen LogP contribution in [0.5, 0.6) is 0 Å². The molecule has 0 spiro atoms. The van der Waals surface area contributed by atoms with Crippen molar-refractivity contribution >= 4 is 46.3 Å². The van der Waals surface area contributed by atoms with Gasteiger partial charge >= 0.3 is 0 Å². The maximum Gasteiger partial charge on any atom is 0.191 e. The van der Waals surface area contributed by atoms with E-state index in [0.717, 1.165) is 63.6 Å². The van der Waals surface area contributed by atoms with E-state index in [9.17, 15) is 0 Å². The van der Waals surface area contributed by atoms with Crippen LogP contribution >= 0.6 is 35.3 Å². The van der Waals surface area contributed by atoms with Gasteiger partial charge in [-0.1, -0.05) is 0 Å². The Kier molecular flexibility index (Phi) is 9.57. The SMILES string of the molecule is CCNC(=NCCCn1nc(C)cc1C)NC1CCN(c2cccs2)CC1.I. The van der Waals surface area contributed by atoms with Crippen LogP contribution in [0.25, 0.3) is 0 Å². The van der Waals surface area contributed by atoms with Crippen LogP contribution in [0.15, 0.2) is 28.6 Å². The number of nitrogens with zero attached hydrogens (tertiary/aromatic N) is 4. The van der Waals surface area contributed by atoms with Crippen LogP contribution in [-0.4, -0.2) is 48.0 Å². The highest BCUT2D eigenvalue weighted by molar-refractivity contribution is 14.0. The van der Waals surface area contributed by atoms with Crippen LogP contribution in [0.4, 0.5) is 5.00 Å². The van der Waals surface area contributed by atoms with Crippen molar-refractivity contribution in [2.45, 2.75) is 52.6 Å². The average Bonchev–Trinajstić information content (AvgIpc) is 3.29. The van der Waals surface area contributed by atoms with Gasteiger partial charge in [0.05, 0.1) is 10.7 Å². The van der Waals surface area contributed by atoms with Gasteiger partial charge in [0, 0.05) is 44.5 Å². The number of nitrogens with one attached hydrogen (secondary N) is 2. The standard InChI is InChI=1S/C20H32N6S.HI/c1-4-21-20(22-10-6-11-26-17(3)15-16(2)24-26)23-18-8-12-25(13-9-18)19-7-5-14-27-19;/h5,7,14-15,18H,4,6,8-13H2,1-3H3,(H2,21,22,23);1H. The minimum Gasteiger partial charge on any atom is -0.363 e. The molecule has 1 aliphatic rings. The van der Waals surface area contributed by atoms with Crippen LogP contribution in [0, 0.1) is 13.8 Å². The lowest BCUT2D eigenvalue weighted by Gasteiger charge is -2.33. The van der Waals surface area contributed by atoms with Crippen molar-refractivity contribution in [2.24, 2.45) is 4.99 Å². The Labute approximate surface area is 189 Å². The predicted octanol–water partition coefficient (Wildman–Crippen LogP) is 3.79. The summed E-state index contributed by atoms with van der Waals surface area (Å²) in [4.78, 5) is 7.26. The second-order valence-electron chi connectivity index (χ2n) is 7.12. The number of hydrogen-bond acceptors (Lipinski definition) is 4. The van der Waals surface area contributed by atoms with E-state index in [4.69, 9.17) is 4.99 Å². The molecule has 1 aliphatic heterocycles. The Morgan fingerprint density at radius 3 is 2.71 bits per heavy atom. The molecule has 0 radical (unpaired) electrons. The topological polar surface area (TPSA) is 57.5 Å². The van der Waals surface area contributed by atoms with Crippen molar-refractivity contribution in [1.82, 2.24) is 20.4 Å². The zero-order valence-corrected chi connectivity index (χ0v) is 20.3. The molecule has 156 valence electrons. The fourth-order valence-electron chi connectivity index (χ4n) is 3.52. The third-order valence-corrected chi connectivity index (χ3v) is 5.83. The second-order valence-corrected chi connectivity index (χ2v) is 8.05. The van der Waals surface area contributed by atoms with E-state index < -0.39 is 0 Å². The molecule has 8 heteroatoms. The molecule has 0 atom stereocenters. The second kappa shape index (κ2) is 11.6. The van der Waals surface area contributed by atoms with Gasteiger partial charge < -0.3 is 15.5 Å². The lowest BCUT2D eigenvalue weighted by atomic mass is 10.1. The summed E-state index contributed by atoms with van der Waals surface area (Å²) in [6.07, 6.45) is 3.29. The number of aryl methyl sites for hydroxylation is 3. The lowest BCUT2D eigenvalue weighted by Crippen LogP contribution is -2.48. The molecule has 0 aliphatic carbocycles. The largest absolute Gasteiger partial charge is 0.363 e. The van der Waals surface area contributed by atoms with Crippen LogP contribution < -0.4 is 15.5 Å². The minimum absolute atomic E-state index is 0. The molecular weight excluding hydrogens is 483 g/mol. The Morgan fingerprint density at radius 2 is 2.11 bits per heavy atom. The van der Waals surface area contributed by atoms with E-state index in [0.29, 0.717) is 6.04 Å². The van der Waals surface area contributed by atoms with Gasteiger partial charge in [-0.2, -0.15) is 5.10 Å². The number of piperidine rings is 1. The van der Waals surface area contributed by atoms with Gasteiger partial charge in [-0.15, -0.1) is 35.3 Å². The van der Waals surface area contributed by atoms with Crippen LogP contribution in [0.1, 0.15) is 37.6 Å². The Bertz CT molecular complexity index is 719. The predicted molar refractivity (Wildman–Crippen MR) is 130 cm³/mol. The number of hydrogen-bond donors (Lipinski definition) is 2. The van der Waals surface area contributed by atoms with Gasteiger partial charge in [0.1, 0.15) is 0 Å². The normalized spacial score (nSPS) is 15.4. The fraction of sp³-hybridized carbons (Fsp3) is 0.600. The number of aromatic nitrogens is 2. The van der Waals surface area contributed by atoms with Crippen molar-refractivity contribution in [1.29, 1.82) is 0 Å². The van der Waals surface area contributed by atoms with E-state index in [2.05, 4.69) is 62.7 Å². The van der Waals surface area contributed by atoms with Crippen LogP contribution in [0.3, 0.4) is 0 Å². The summed E-state index contributed by atoms with van der Waals surface area (Å²) in [6.45, 7) is 11.1. The van der Waals surface area contributed by atoms with Crippen LogP contribution in [0.2, 0.25) is 0 Å². The number of guanidine groups is 1. The summed E-state index contributed by atoms with van der Waals surface area (Å²) in [5, 5.41) is 15.1. The first-order valence-corrected chi connectivity index (χ1v) is 10.9. The van der Waals surface area contributed by atoms with E-state index in [1.807, 2.05) is 18.3 Å². The van der Waals surface area contributed by atoms with Gasteiger partial charge in [0.15, 0.2) is 5.96 Å². The molecular formula is C20H33IN6S. The van der Waals surface area contributed by atoms with Gasteiger partial charge in [0.25, 0.3) is 0 Å². The van der Waals surface area contributed by atoms with Crippen molar-refractivity contribution in [3.05, 3.63) is 35.0 Å². The minimum atomic E-state index is 0. The first kappa shape index (κ1) is 23.0. The monoisotopic (exact) mass is 516 g/mol. The van der Waals surface area contributed by atoms with E-state index >= 15 is 0 Å². The summed E-state index contributed by atoms with van der Waals surface area (Å²) in [7, 11) is 0. The van der Waals surface area contributed by atoms with Gasteiger partial charge in [-0.3, -0.25) is 9.67 Å². The van der Waals surface area contributed by atoms with Crippen LogP contribution in [-0.2, 0) is 6.54 Å². The molecule has 2 aromatic rings. The molecule has 2 aromatic heterocycles. The third kappa shape index (κ3) is 6.65. The maximum absolute atomic E-state index is 4.77. The number of halogens is 1.